The van der Waals surface area contributed by atoms with Crippen molar-refractivity contribution in [1.29, 1.82) is 0 Å². The van der Waals surface area contributed by atoms with Crippen molar-refractivity contribution in [1.82, 2.24) is 4.98 Å². The van der Waals surface area contributed by atoms with E-state index in [1.807, 2.05) is 31.1 Å². The average molecular weight is 314 g/mol. The van der Waals surface area contributed by atoms with Gasteiger partial charge in [-0.3, -0.25) is 10.2 Å². The Morgan fingerprint density at radius 3 is 2.61 bits per heavy atom. The van der Waals surface area contributed by atoms with Crippen LogP contribution in [0.3, 0.4) is 0 Å². The topological polar surface area (TPSA) is 65.7 Å². The van der Waals surface area contributed by atoms with Crippen LogP contribution in [-0.2, 0) is 4.74 Å². The van der Waals surface area contributed by atoms with Crippen molar-refractivity contribution >= 4 is 23.6 Å². The lowest BCUT2D eigenvalue weighted by Gasteiger charge is -2.10. The highest BCUT2D eigenvalue weighted by atomic mass is 16.5. The molecule has 1 aromatic carbocycles. The Balaban J connectivity index is 2.23. The smallest absolute Gasteiger partial charge is 0.338 e. The van der Waals surface area contributed by atoms with Crippen LogP contribution in [0.15, 0.2) is 42.6 Å². The molecule has 0 spiro atoms. The molecule has 0 atom stereocenters. The molecule has 2 rings (SSSR count). The molecule has 1 heterocycles. The lowest BCUT2D eigenvalue weighted by Crippen LogP contribution is -2.09. The molecular weight excluding hydrogens is 294 g/mol. The van der Waals surface area contributed by atoms with E-state index in [-0.39, 0.29) is 0 Å². The van der Waals surface area contributed by atoms with Gasteiger partial charge in [-0.25, -0.2) is 4.79 Å². The number of esters is 1. The van der Waals surface area contributed by atoms with Gasteiger partial charge in [-0.1, -0.05) is 0 Å². The molecule has 2 aromatic rings. The van der Waals surface area contributed by atoms with Gasteiger partial charge in [-0.05, 0) is 31.2 Å². The fourth-order valence-electron chi connectivity index (χ4n) is 1.96. The van der Waals surface area contributed by atoms with Crippen LogP contribution in [-0.4, -0.2) is 47.8 Å². The summed E-state index contributed by atoms with van der Waals surface area (Å²) < 4.78 is 5.92. The maximum Gasteiger partial charge on any atom is 0.338 e. The molecule has 0 bridgehead atoms. The van der Waals surface area contributed by atoms with Gasteiger partial charge >= 0.3 is 5.97 Å². The van der Waals surface area contributed by atoms with E-state index in [0.29, 0.717) is 23.6 Å². The molecule has 0 amide bonds. The maximum atomic E-state index is 11.7. The molecule has 0 aliphatic heterocycles. The zero-order valence-electron chi connectivity index (χ0n) is 13.4. The van der Waals surface area contributed by atoms with Crippen LogP contribution < -0.4 is 4.90 Å². The first-order valence-electron chi connectivity index (χ1n) is 7.25. The maximum absolute atomic E-state index is 11.7. The van der Waals surface area contributed by atoms with Crippen molar-refractivity contribution < 1.29 is 19.5 Å². The van der Waals surface area contributed by atoms with E-state index in [9.17, 15) is 10.0 Å². The first-order valence-corrected chi connectivity index (χ1v) is 7.25. The van der Waals surface area contributed by atoms with Gasteiger partial charge in [0.2, 0.25) is 6.21 Å². The highest BCUT2D eigenvalue weighted by molar-refractivity contribution is 5.91. The van der Waals surface area contributed by atoms with Gasteiger partial charge in [0.15, 0.2) is 0 Å². The van der Waals surface area contributed by atoms with Crippen molar-refractivity contribution in [3.05, 3.63) is 53.9 Å². The number of pyridine rings is 1. The molecule has 0 saturated heterocycles. The molecule has 23 heavy (non-hydrogen) atoms. The van der Waals surface area contributed by atoms with Crippen molar-refractivity contribution in [3.63, 3.8) is 0 Å². The Morgan fingerprint density at radius 1 is 1.30 bits per heavy atom. The van der Waals surface area contributed by atoms with Crippen LogP contribution in [0.4, 0.5) is 11.4 Å². The number of nitrogens with zero attached hydrogens (tertiary/aromatic N) is 3. The first kappa shape index (κ1) is 16.5. The second-order valence-corrected chi connectivity index (χ2v) is 5.07. The molecule has 1 aromatic heterocycles. The molecule has 0 saturated carbocycles. The predicted octanol–water partition coefficient (Wildman–Crippen LogP) is 2.48. The van der Waals surface area contributed by atoms with Crippen LogP contribution in [0, 0.1) is 0 Å². The van der Waals surface area contributed by atoms with Gasteiger partial charge in [-0.2, -0.15) is 0 Å². The van der Waals surface area contributed by atoms with Crippen LogP contribution in [0.5, 0.6) is 0 Å². The van der Waals surface area contributed by atoms with Gasteiger partial charge in [0, 0.05) is 42.9 Å². The van der Waals surface area contributed by atoms with Gasteiger partial charge < -0.3 is 9.64 Å². The number of hydrogen-bond acceptors (Lipinski definition) is 5. The van der Waals surface area contributed by atoms with E-state index < -0.39 is 5.97 Å². The minimum absolute atomic E-state index is 0.310. The Labute approximate surface area is 135 Å². The summed E-state index contributed by atoms with van der Waals surface area (Å²) in [6.45, 7) is 2.06. The fourth-order valence-corrected chi connectivity index (χ4v) is 1.96. The number of ether oxygens (including phenoxy) is 1. The Kier molecular flexibility index (Phi) is 5.30. The predicted molar refractivity (Wildman–Crippen MR) is 87.8 cm³/mol. The van der Waals surface area contributed by atoms with Gasteiger partial charge in [0.25, 0.3) is 5.69 Å². The number of hydrogen-bond donors (Lipinski definition) is 1. The van der Waals surface area contributed by atoms with Crippen LogP contribution >= 0.6 is 0 Å². The molecule has 0 aliphatic carbocycles. The molecule has 120 valence electrons. The Bertz CT molecular complexity index is 709. The molecule has 6 heteroatoms. The van der Waals surface area contributed by atoms with Gasteiger partial charge in [-0.15, -0.1) is 0 Å². The SMILES string of the molecule is CCOC(=O)c1ccnc(C=[N+](O)c2ccc(N(C)C)cc2)c1. The average Bonchev–Trinajstić information content (AvgIpc) is 2.55. The normalized spacial score (nSPS) is 11.2. The minimum Gasteiger partial charge on any atom is -0.462 e. The van der Waals surface area contributed by atoms with Crippen LogP contribution in [0.2, 0.25) is 0 Å². The summed E-state index contributed by atoms with van der Waals surface area (Å²) in [4.78, 5) is 17.8. The summed E-state index contributed by atoms with van der Waals surface area (Å²) in [6, 6.07) is 10.5. The van der Waals surface area contributed by atoms with Gasteiger partial charge in [0.1, 0.15) is 5.69 Å². The first-order chi connectivity index (χ1) is 11.0. The quantitative estimate of drug-likeness (QED) is 0.302. The fraction of sp³-hybridized carbons (Fsp3) is 0.235. The van der Waals surface area contributed by atoms with Crippen LogP contribution in [0.25, 0.3) is 0 Å². The van der Waals surface area contributed by atoms with E-state index in [0.717, 1.165) is 10.4 Å². The van der Waals surface area contributed by atoms with E-state index in [2.05, 4.69) is 4.98 Å². The van der Waals surface area contributed by atoms with Crippen LogP contribution in [0.1, 0.15) is 23.0 Å². The second-order valence-electron chi connectivity index (χ2n) is 5.07. The molecular formula is C17H20N3O3+. The lowest BCUT2D eigenvalue weighted by molar-refractivity contribution is -0.709. The number of carbonyl (C=O) groups is 1. The summed E-state index contributed by atoms with van der Waals surface area (Å²) in [5, 5.41) is 10.1. The third kappa shape index (κ3) is 4.29. The van der Waals surface area contributed by atoms with Gasteiger partial charge in [0.05, 0.1) is 12.2 Å². The number of rotatable bonds is 5. The molecule has 0 radical (unpaired) electrons. The molecule has 0 aliphatic rings. The Morgan fingerprint density at radius 2 is 2.00 bits per heavy atom. The van der Waals surface area contributed by atoms with E-state index >= 15 is 0 Å². The highest BCUT2D eigenvalue weighted by Crippen LogP contribution is 2.17. The number of benzene rings is 1. The van der Waals surface area contributed by atoms with Crippen molar-refractivity contribution in [2.24, 2.45) is 0 Å². The summed E-state index contributed by atoms with van der Waals surface area (Å²) in [5.41, 5.74) is 2.47. The highest BCUT2D eigenvalue weighted by Gasteiger charge is 2.12. The number of anilines is 1. The monoisotopic (exact) mass is 314 g/mol. The van der Waals surface area contributed by atoms with E-state index in [4.69, 9.17) is 4.74 Å². The Hall–Kier alpha value is -2.89. The minimum atomic E-state index is -0.413. The summed E-state index contributed by atoms with van der Waals surface area (Å²) in [7, 11) is 3.89. The third-order valence-corrected chi connectivity index (χ3v) is 3.18. The standard InChI is InChI=1S/C17H20N3O3/c1-4-23-17(21)13-9-10-18-14(11-13)12-20(22)16-7-5-15(6-8-16)19(2)3/h5-12,22H,4H2,1-3H3/q+1. The van der Waals surface area contributed by atoms with E-state index in [1.165, 1.54) is 12.4 Å². The molecule has 1 N–H and O–H groups in total. The summed E-state index contributed by atoms with van der Waals surface area (Å²) >= 11 is 0. The molecule has 0 unspecified atom stereocenters. The second kappa shape index (κ2) is 7.40. The number of carbonyl (C=O) groups excluding carboxylic acids is 1. The lowest BCUT2D eigenvalue weighted by atomic mass is 10.2. The zero-order valence-corrected chi connectivity index (χ0v) is 13.4. The van der Waals surface area contributed by atoms with E-state index in [1.54, 1.807) is 31.2 Å². The molecule has 0 fully saturated rings. The zero-order chi connectivity index (χ0) is 16.8. The van der Waals surface area contributed by atoms with Crippen molar-refractivity contribution in [2.75, 3.05) is 25.6 Å². The van der Waals surface area contributed by atoms with Crippen molar-refractivity contribution in [2.45, 2.75) is 6.92 Å². The van der Waals surface area contributed by atoms with Crippen molar-refractivity contribution in [3.8, 4) is 0 Å². The third-order valence-electron chi connectivity index (χ3n) is 3.18. The summed E-state index contributed by atoms with van der Waals surface area (Å²) in [5.74, 6) is -0.413. The summed E-state index contributed by atoms with van der Waals surface area (Å²) in [6.07, 6.45) is 2.94. The molecule has 6 nitrogen and oxygen atoms in total. The largest absolute Gasteiger partial charge is 0.462 e. The number of aromatic nitrogens is 1.